The molecule has 1 N–H and O–H groups in total. The molecule has 0 aliphatic rings. The van der Waals surface area contributed by atoms with E-state index in [1.165, 1.54) is 12.3 Å². The minimum atomic E-state index is -1.42. The standard InChI is InChI=1S/C12H8N2O5/c1-6-5-8(18-12(15)16)9-10(7-3-2-4-17-7)14-19-11(9)13-6/h2-5H,1H3,(H,15,16). The highest BCUT2D eigenvalue weighted by Gasteiger charge is 2.20. The summed E-state index contributed by atoms with van der Waals surface area (Å²) >= 11 is 0. The first kappa shape index (κ1) is 11.3. The molecule has 0 spiro atoms. The fourth-order valence-electron chi connectivity index (χ4n) is 1.79. The maximum absolute atomic E-state index is 10.7. The molecule has 0 saturated heterocycles. The van der Waals surface area contributed by atoms with Crippen molar-refractivity contribution in [1.82, 2.24) is 10.1 Å². The number of aryl methyl sites for hydroxylation is 1. The SMILES string of the molecule is Cc1cc(OC(=O)O)c2c(-c3ccco3)noc2n1. The van der Waals surface area contributed by atoms with Crippen molar-refractivity contribution < 1.29 is 23.6 Å². The molecule has 0 aromatic carbocycles. The summed E-state index contributed by atoms with van der Waals surface area (Å²) in [6.07, 6.45) is 0.0633. The molecule has 0 fully saturated rings. The molecule has 0 aliphatic carbocycles. The molecular formula is C12H8N2O5. The Morgan fingerprint density at radius 1 is 1.47 bits per heavy atom. The van der Waals surface area contributed by atoms with Crippen LogP contribution in [0.1, 0.15) is 5.69 Å². The molecule has 0 saturated carbocycles. The lowest BCUT2D eigenvalue weighted by Crippen LogP contribution is -2.04. The van der Waals surface area contributed by atoms with Crippen molar-refractivity contribution in [3.8, 4) is 17.2 Å². The molecule has 3 rings (SSSR count). The number of pyridine rings is 1. The van der Waals surface area contributed by atoms with Gasteiger partial charge in [-0.1, -0.05) is 5.16 Å². The van der Waals surface area contributed by atoms with Gasteiger partial charge >= 0.3 is 6.16 Å². The summed E-state index contributed by atoms with van der Waals surface area (Å²) in [4.78, 5) is 14.9. The van der Waals surface area contributed by atoms with Gasteiger partial charge in [-0.25, -0.2) is 9.78 Å². The van der Waals surface area contributed by atoms with E-state index in [9.17, 15) is 4.79 Å². The first-order valence-corrected chi connectivity index (χ1v) is 5.37. The highest BCUT2D eigenvalue weighted by molar-refractivity contribution is 5.94. The first-order chi connectivity index (χ1) is 9.15. The van der Waals surface area contributed by atoms with Gasteiger partial charge in [-0.05, 0) is 19.1 Å². The number of hydrogen-bond acceptors (Lipinski definition) is 6. The van der Waals surface area contributed by atoms with Gasteiger partial charge in [0.2, 0.25) is 0 Å². The summed E-state index contributed by atoms with van der Waals surface area (Å²) in [6.45, 7) is 1.70. The van der Waals surface area contributed by atoms with Crippen molar-refractivity contribution in [2.75, 3.05) is 0 Å². The fraction of sp³-hybridized carbons (Fsp3) is 0.0833. The molecule has 7 heteroatoms. The largest absolute Gasteiger partial charge is 0.511 e. The lowest BCUT2D eigenvalue weighted by Gasteiger charge is -2.02. The lowest BCUT2D eigenvalue weighted by molar-refractivity contribution is 0.145. The van der Waals surface area contributed by atoms with E-state index in [1.807, 2.05) is 0 Å². The van der Waals surface area contributed by atoms with E-state index in [0.717, 1.165) is 0 Å². The van der Waals surface area contributed by atoms with Gasteiger partial charge in [-0.2, -0.15) is 0 Å². The van der Waals surface area contributed by atoms with E-state index in [-0.39, 0.29) is 11.5 Å². The first-order valence-electron chi connectivity index (χ1n) is 5.37. The van der Waals surface area contributed by atoms with Crippen LogP contribution in [0.25, 0.3) is 22.6 Å². The molecule has 96 valence electrons. The Morgan fingerprint density at radius 2 is 2.32 bits per heavy atom. The molecule has 0 bridgehead atoms. The molecule has 0 radical (unpaired) electrons. The molecule has 3 heterocycles. The minimum Gasteiger partial charge on any atom is -0.463 e. The molecule has 0 unspecified atom stereocenters. The van der Waals surface area contributed by atoms with Gasteiger partial charge in [0.05, 0.1) is 6.26 Å². The molecule has 0 atom stereocenters. The Balaban J connectivity index is 2.28. The zero-order chi connectivity index (χ0) is 13.4. The van der Waals surface area contributed by atoms with Crippen LogP contribution in [0.15, 0.2) is 33.4 Å². The number of nitrogens with zero attached hydrogens (tertiary/aromatic N) is 2. The maximum Gasteiger partial charge on any atom is 0.511 e. The fourth-order valence-corrected chi connectivity index (χ4v) is 1.79. The smallest absolute Gasteiger partial charge is 0.463 e. The van der Waals surface area contributed by atoms with Crippen LogP contribution in [0.2, 0.25) is 0 Å². The Kier molecular flexibility index (Phi) is 2.45. The van der Waals surface area contributed by atoms with Gasteiger partial charge < -0.3 is 18.8 Å². The third-order valence-corrected chi connectivity index (χ3v) is 2.49. The third kappa shape index (κ3) is 1.90. The lowest BCUT2D eigenvalue weighted by atomic mass is 10.2. The van der Waals surface area contributed by atoms with Crippen LogP contribution < -0.4 is 4.74 Å². The van der Waals surface area contributed by atoms with Gasteiger partial charge in [0.15, 0.2) is 17.2 Å². The number of ether oxygens (including phenoxy) is 1. The normalized spacial score (nSPS) is 10.8. The van der Waals surface area contributed by atoms with E-state index in [0.29, 0.717) is 22.5 Å². The Labute approximate surface area is 106 Å². The summed E-state index contributed by atoms with van der Waals surface area (Å²) in [6, 6.07) is 4.87. The highest BCUT2D eigenvalue weighted by Crippen LogP contribution is 2.34. The van der Waals surface area contributed by atoms with Gasteiger partial charge in [-0.3, -0.25) is 0 Å². The Bertz CT molecular complexity index is 745. The number of aromatic nitrogens is 2. The highest BCUT2D eigenvalue weighted by atomic mass is 16.7. The third-order valence-electron chi connectivity index (χ3n) is 2.49. The summed E-state index contributed by atoms with van der Waals surface area (Å²) in [5.74, 6) is 0.558. The summed E-state index contributed by atoms with van der Waals surface area (Å²) in [5, 5.41) is 13.0. The predicted molar refractivity (Wildman–Crippen MR) is 62.9 cm³/mol. The second-order valence-corrected chi connectivity index (χ2v) is 3.82. The van der Waals surface area contributed by atoms with Crippen LogP contribution >= 0.6 is 0 Å². The van der Waals surface area contributed by atoms with Crippen LogP contribution in [0.3, 0.4) is 0 Å². The van der Waals surface area contributed by atoms with Crippen LogP contribution in [0, 0.1) is 6.92 Å². The summed E-state index contributed by atoms with van der Waals surface area (Å²) < 4.78 is 15.0. The molecule has 7 nitrogen and oxygen atoms in total. The van der Waals surface area contributed by atoms with Crippen LogP contribution in [0.4, 0.5) is 4.79 Å². The molecule has 3 aromatic rings. The topological polar surface area (TPSA) is 98.6 Å². The zero-order valence-electron chi connectivity index (χ0n) is 9.78. The second kappa shape index (κ2) is 4.13. The molecular weight excluding hydrogens is 252 g/mol. The van der Waals surface area contributed by atoms with Gasteiger partial charge in [0, 0.05) is 11.8 Å². The van der Waals surface area contributed by atoms with Crippen molar-refractivity contribution in [2.24, 2.45) is 0 Å². The predicted octanol–water partition coefficient (Wildman–Crippen LogP) is 2.85. The van der Waals surface area contributed by atoms with E-state index >= 15 is 0 Å². The van der Waals surface area contributed by atoms with Crippen LogP contribution in [0.5, 0.6) is 5.75 Å². The van der Waals surface area contributed by atoms with Crippen LogP contribution in [-0.2, 0) is 0 Å². The zero-order valence-corrected chi connectivity index (χ0v) is 9.78. The number of carbonyl (C=O) groups is 1. The Morgan fingerprint density at radius 3 is 3.00 bits per heavy atom. The monoisotopic (exact) mass is 260 g/mol. The quantitative estimate of drug-likeness (QED) is 0.707. The number of hydrogen-bond donors (Lipinski definition) is 1. The van der Waals surface area contributed by atoms with E-state index in [1.54, 1.807) is 19.1 Å². The molecule has 0 amide bonds. The van der Waals surface area contributed by atoms with Gasteiger partial charge in [0.1, 0.15) is 5.39 Å². The van der Waals surface area contributed by atoms with E-state index in [4.69, 9.17) is 18.8 Å². The number of fused-ring (bicyclic) bond motifs is 1. The average Bonchev–Trinajstić information content (AvgIpc) is 2.94. The minimum absolute atomic E-state index is 0.114. The van der Waals surface area contributed by atoms with Crippen molar-refractivity contribution in [3.05, 3.63) is 30.2 Å². The summed E-state index contributed by atoms with van der Waals surface area (Å²) in [7, 11) is 0. The van der Waals surface area contributed by atoms with Gasteiger partial charge in [-0.15, -0.1) is 0 Å². The van der Waals surface area contributed by atoms with Crippen molar-refractivity contribution in [3.63, 3.8) is 0 Å². The Hall–Kier alpha value is -2.83. The van der Waals surface area contributed by atoms with E-state index in [2.05, 4.69) is 10.1 Å². The maximum atomic E-state index is 10.7. The molecule has 19 heavy (non-hydrogen) atoms. The van der Waals surface area contributed by atoms with Crippen molar-refractivity contribution in [1.29, 1.82) is 0 Å². The second-order valence-electron chi connectivity index (χ2n) is 3.82. The summed E-state index contributed by atoms with van der Waals surface area (Å²) in [5.41, 5.74) is 1.11. The number of carboxylic acid groups (broad SMARTS) is 1. The number of furan rings is 1. The number of rotatable bonds is 2. The van der Waals surface area contributed by atoms with E-state index < -0.39 is 6.16 Å². The molecule has 0 aliphatic heterocycles. The average molecular weight is 260 g/mol. The van der Waals surface area contributed by atoms with Crippen molar-refractivity contribution in [2.45, 2.75) is 6.92 Å². The van der Waals surface area contributed by atoms with Crippen molar-refractivity contribution >= 4 is 17.3 Å². The van der Waals surface area contributed by atoms with Gasteiger partial charge in [0.25, 0.3) is 5.71 Å². The van der Waals surface area contributed by atoms with Crippen LogP contribution in [-0.4, -0.2) is 21.4 Å². The molecule has 3 aromatic heterocycles.